The monoisotopic (exact) mass is 123 g/mol. The Bertz CT molecular complexity index is 181. The summed E-state index contributed by atoms with van der Waals surface area (Å²) in [6, 6.07) is 0. The Balaban J connectivity index is 2.28. The minimum atomic E-state index is 1.12. The van der Waals surface area contributed by atoms with Crippen LogP contribution in [-0.2, 0) is 0 Å². The molecule has 0 bridgehead atoms. The molecular formula is C6H9N3. The highest BCUT2D eigenvalue weighted by Gasteiger charge is 2.11. The molecule has 0 amide bonds. The highest BCUT2D eigenvalue weighted by atomic mass is 15.6. The molecule has 0 atom stereocenters. The lowest BCUT2D eigenvalue weighted by Gasteiger charge is -2.03. The van der Waals surface area contributed by atoms with Crippen LogP contribution in [0.4, 0.5) is 0 Å². The summed E-state index contributed by atoms with van der Waals surface area (Å²) in [7, 11) is 0. The Kier molecular flexibility index (Phi) is 0.960. The summed E-state index contributed by atoms with van der Waals surface area (Å²) in [6.07, 6.45) is 6.52. The van der Waals surface area contributed by atoms with E-state index < -0.39 is 0 Å². The van der Waals surface area contributed by atoms with Gasteiger partial charge in [0.2, 0.25) is 0 Å². The van der Waals surface area contributed by atoms with Crippen LogP contribution in [0.3, 0.4) is 0 Å². The second-order valence-electron chi connectivity index (χ2n) is 2.21. The van der Waals surface area contributed by atoms with Gasteiger partial charge in [0.25, 0.3) is 0 Å². The molecule has 3 N–H and O–H groups in total. The predicted octanol–water partition coefficient (Wildman–Crippen LogP) is 0.160. The van der Waals surface area contributed by atoms with Crippen LogP contribution in [0.1, 0.15) is 12.8 Å². The van der Waals surface area contributed by atoms with Gasteiger partial charge in [0.05, 0.1) is 11.4 Å². The van der Waals surface area contributed by atoms with Crippen molar-refractivity contribution in [1.82, 2.24) is 16.4 Å². The molecule has 3 heteroatoms. The van der Waals surface area contributed by atoms with E-state index in [2.05, 4.69) is 28.5 Å². The zero-order chi connectivity index (χ0) is 6.10. The Morgan fingerprint density at radius 1 is 1.33 bits per heavy atom. The number of hydrogen-bond acceptors (Lipinski definition) is 3. The van der Waals surface area contributed by atoms with E-state index in [1.165, 1.54) is 11.4 Å². The first kappa shape index (κ1) is 4.88. The van der Waals surface area contributed by atoms with Crippen molar-refractivity contribution in [1.29, 1.82) is 0 Å². The first-order valence-corrected chi connectivity index (χ1v) is 3.13. The van der Waals surface area contributed by atoms with E-state index in [-0.39, 0.29) is 0 Å². The molecule has 0 aromatic carbocycles. The highest BCUT2D eigenvalue weighted by molar-refractivity contribution is 5.28. The molecule has 0 saturated carbocycles. The summed E-state index contributed by atoms with van der Waals surface area (Å²) in [6.45, 7) is 0. The maximum atomic E-state index is 3.03. The van der Waals surface area contributed by atoms with Crippen molar-refractivity contribution in [2.45, 2.75) is 12.8 Å². The van der Waals surface area contributed by atoms with Gasteiger partial charge in [-0.3, -0.25) is 0 Å². The molecule has 0 unspecified atom stereocenters. The van der Waals surface area contributed by atoms with Crippen LogP contribution in [0.2, 0.25) is 0 Å². The molecule has 1 aliphatic carbocycles. The maximum Gasteiger partial charge on any atom is 0.0705 e. The molecule has 0 aromatic rings. The molecule has 9 heavy (non-hydrogen) atoms. The standard InChI is InChI=1S/C6H9N3/c1-2-4-6-5(3-1)7-9-8-6/h1,3,7-9H,2,4H2. The molecule has 0 radical (unpaired) electrons. The molecule has 0 spiro atoms. The van der Waals surface area contributed by atoms with Gasteiger partial charge in [-0.15, -0.1) is 0 Å². The van der Waals surface area contributed by atoms with Gasteiger partial charge in [-0.25, -0.2) is 0 Å². The van der Waals surface area contributed by atoms with E-state index in [1.807, 2.05) is 0 Å². The predicted molar refractivity (Wildman–Crippen MR) is 34.8 cm³/mol. The fourth-order valence-corrected chi connectivity index (χ4v) is 1.09. The molecule has 1 aliphatic heterocycles. The summed E-state index contributed by atoms with van der Waals surface area (Å²) in [4.78, 5) is 0. The second-order valence-corrected chi connectivity index (χ2v) is 2.21. The third kappa shape index (κ3) is 0.695. The summed E-state index contributed by atoms with van der Waals surface area (Å²) < 4.78 is 0. The van der Waals surface area contributed by atoms with Gasteiger partial charge in [-0.2, -0.15) is 5.53 Å². The average molecular weight is 123 g/mol. The molecular weight excluding hydrogens is 114 g/mol. The first-order chi connectivity index (χ1) is 4.47. The van der Waals surface area contributed by atoms with Crippen molar-refractivity contribution in [3.05, 3.63) is 23.5 Å². The van der Waals surface area contributed by atoms with Crippen LogP contribution in [0.15, 0.2) is 23.5 Å². The molecule has 2 aliphatic rings. The number of rotatable bonds is 0. The van der Waals surface area contributed by atoms with Crippen molar-refractivity contribution in [2.24, 2.45) is 0 Å². The summed E-state index contributed by atoms with van der Waals surface area (Å²) in [5.41, 5.74) is 11.3. The number of nitrogens with one attached hydrogen (secondary N) is 3. The summed E-state index contributed by atoms with van der Waals surface area (Å²) >= 11 is 0. The normalized spacial score (nSPS) is 23.1. The van der Waals surface area contributed by atoms with E-state index in [9.17, 15) is 0 Å². The van der Waals surface area contributed by atoms with E-state index in [0.717, 1.165) is 12.8 Å². The quantitative estimate of drug-likeness (QED) is 0.429. The fourth-order valence-electron chi connectivity index (χ4n) is 1.09. The molecule has 48 valence electrons. The van der Waals surface area contributed by atoms with Gasteiger partial charge in [-0.05, 0) is 18.9 Å². The molecule has 0 saturated heterocycles. The van der Waals surface area contributed by atoms with Gasteiger partial charge in [0.15, 0.2) is 0 Å². The van der Waals surface area contributed by atoms with Crippen LogP contribution in [0.5, 0.6) is 0 Å². The topological polar surface area (TPSA) is 36.1 Å². The van der Waals surface area contributed by atoms with Gasteiger partial charge in [0, 0.05) is 0 Å². The Morgan fingerprint density at radius 3 is 3.22 bits per heavy atom. The molecule has 3 nitrogen and oxygen atoms in total. The van der Waals surface area contributed by atoms with Gasteiger partial charge >= 0.3 is 0 Å². The number of allylic oxidation sites excluding steroid dienone is 3. The lowest BCUT2D eigenvalue weighted by atomic mass is 10.1. The molecule has 2 rings (SSSR count). The van der Waals surface area contributed by atoms with Crippen LogP contribution < -0.4 is 16.4 Å². The third-order valence-electron chi connectivity index (χ3n) is 1.58. The average Bonchev–Trinajstić information content (AvgIpc) is 2.33. The molecule has 0 aromatic heterocycles. The third-order valence-corrected chi connectivity index (χ3v) is 1.58. The van der Waals surface area contributed by atoms with Gasteiger partial charge in [-0.1, -0.05) is 6.08 Å². The Labute approximate surface area is 53.8 Å². The summed E-state index contributed by atoms with van der Waals surface area (Å²) in [5.74, 6) is 0. The van der Waals surface area contributed by atoms with Crippen molar-refractivity contribution >= 4 is 0 Å². The maximum absolute atomic E-state index is 3.03. The number of hydrazine groups is 2. The SMILES string of the molecule is C1=CC2=C(CC1)NNN2. The van der Waals surface area contributed by atoms with Crippen LogP contribution in [-0.4, -0.2) is 0 Å². The minimum absolute atomic E-state index is 1.12. The molecule has 0 fully saturated rings. The van der Waals surface area contributed by atoms with Crippen molar-refractivity contribution < 1.29 is 0 Å². The lowest BCUT2D eigenvalue weighted by molar-refractivity contribution is 0.586. The number of hydrogen-bond donors (Lipinski definition) is 3. The van der Waals surface area contributed by atoms with Crippen LogP contribution >= 0.6 is 0 Å². The summed E-state index contributed by atoms with van der Waals surface area (Å²) in [5, 5.41) is 0. The van der Waals surface area contributed by atoms with Gasteiger partial charge < -0.3 is 10.9 Å². The zero-order valence-corrected chi connectivity index (χ0v) is 5.07. The smallest absolute Gasteiger partial charge is 0.0705 e. The van der Waals surface area contributed by atoms with E-state index in [4.69, 9.17) is 0 Å². The minimum Gasteiger partial charge on any atom is -0.306 e. The lowest BCUT2D eigenvalue weighted by Crippen LogP contribution is -2.32. The highest BCUT2D eigenvalue weighted by Crippen LogP contribution is 2.15. The van der Waals surface area contributed by atoms with Crippen LogP contribution in [0, 0.1) is 0 Å². The van der Waals surface area contributed by atoms with Crippen molar-refractivity contribution in [3.63, 3.8) is 0 Å². The largest absolute Gasteiger partial charge is 0.306 e. The Morgan fingerprint density at radius 2 is 2.33 bits per heavy atom. The van der Waals surface area contributed by atoms with Crippen molar-refractivity contribution in [3.8, 4) is 0 Å². The first-order valence-electron chi connectivity index (χ1n) is 3.13. The van der Waals surface area contributed by atoms with Crippen molar-refractivity contribution in [2.75, 3.05) is 0 Å². The fraction of sp³-hybridized carbons (Fsp3) is 0.333. The second kappa shape index (κ2) is 1.77. The zero-order valence-electron chi connectivity index (χ0n) is 5.07. The van der Waals surface area contributed by atoms with E-state index >= 15 is 0 Å². The van der Waals surface area contributed by atoms with E-state index in [1.54, 1.807) is 0 Å². The van der Waals surface area contributed by atoms with Gasteiger partial charge in [0.1, 0.15) is 0 Å². The molecule has 1 heterocycles. The van der Waals surface area contributed by atoms with E-state index in [0.29, 0.717) is 0 Å². The Hall–Kier alpha value is -0.960. The van der Waals surface area contributed by atoms with Crippen LogP contribution in [0.25, 0.3) is 0 Å².